The highest BCUT2D eigenvalue weighted by Crippen LogP contribution is 2.25. The van der Waals surface area contributed by atoms with Gasteiger partial charge in [-0.25, -0.2) is 19.7 Å². The normalized spacial score (nSPS) is 19.2. The SMILES string of the molecule is CC(C)(C)OC(=O)N1CCC(n2cnc3cncnc32)C1. The van der Waals surface area contributed by atoms with Gasteiger partial charge in [0.05, 0.1) is 18.6 Å². The molecule has 2 aromatic heterocycles. The van der Waals surface area contributed by atoms with Crippen molar-refractivity contribution in [3.8, 4) is 0 Å². The minimum Gasteiger partial charge on any atom is -0.444 e. The summed E-state index contributed by atoms with van der Waals surface area (Å²) in [6.45, 7) is 6.92. The Morgan fingerprint density at radius 3 is 2.95 bits per heavy atom. The standard InChI is InChI=1S/C14H19N5O2/c1-14(2,3)21-13(20)18-5-4-10(7-18)19-9-17-11-6-15-8-16-12(11)19/h6,8-10H,4-5,7H2,1-3H3. The van der Waals surface area contributed by atoms with Crippen LogP contribution in [0.5, 0.6) is 0 Å². The summed E-state index contributed by atoms with van der Waals surface area (Å²) in [6.07, 6.45) is 5.58. The van der Waals surface area contributed by atoms with Crippen LogP contribution in [-0.4, -0.2) is 49.2 Å². The molecule has 0 spiro atoms. The van der Waals surface area contributed by atoms with Gasteiger partial charge in [-0.2, -0.15) is 0 Å². The number of likely N-dealkylation sites (tertiary alicyclic amines) is 1. The molecular weight excluding hydrogens is 270 g/mol. The Balaban J connectivity index is 1.74. The Kier molecular flexibility index (Phi) is 3.27. The molecule has 1 unspecified atom stereocenters. The van der Waals surface area contributed by atoms with Crippen LogP contribution < -0.4 is 0 Å². The molecule has 1 aliphatic heterocycles. The Morgan fingerprint density at radius 2 is 2.19 bits per heavy atom. The van der Waals surface area contributed by atoms with Gasteiger partial charge in [0.25, 0.3) is 0 Å². The van der Waals surface area contributed by atoms with Crippen LogP contribution in [0, 0.1) is 0 Å². The quantitative estimate of drug-likeness (QED) is 0.803. The Hall–Kier alpha value is -2.18. The first kappa shape index (κ1) is 13.8. The third-order valence-electron chi connectivity index (χ3n) is 3.45. The maximum Gasteiger partial charge on any atom is 0.410 e. The molecule has 0 aliphatic carbocycles. The second kappa shape index (κ2) is 4.98. The van der Waals surface area contributed by atoms with Crippen molar-refractivity contribution in [2.24, 2.45) is 0 Å². The molecule has 112 valence electrons. The van der Waals surface area contributed by atoms with Crippen molar-refractivity contribution < 1.29 is 9.53 Å². The highest BCUT2D eigenvalue weighted by molar-refractivity contribution is 5.70. The fourth-order valence-corrected chi connectivity index (χ4v) is 2.51. The van der Waals surface area contributed by atoms with Gasteiger partial charge < -0.3 is 14.2 Å². The molecule has 0 aromatic carbocycles. The molecule has 0 saturated carbocycles. The fraction of sp³-hybridized carbons (Fsp3) is 0.571. The minimum atomic E-state index is -0.468. The number of carbonyl (C=O) groups is 1. The van der Waals surface area contributed by atoms with Crippen molar-refractivity contribution in [3.05, 3.63) is 18.9 Å². The zero-order valence-corrected chi connectivity index (χ0v) is 12.5. The van der Waals surface area contributed by atoms with Crippen LogP contribution in [0.4, 0.5) is 4.79 Å². The van der Waals surface area contributed by atoms with Gasteiger partial charge in [0.15, 0.2) is 5.65 Å². The van der Waals surface area contributed by atoms with Crippen LogP contribution in [-0.2, 0) is 4.74 Å². The number of imidazole rings is 1. The summed E-state index contributed by atoms with van der Waals surface area (Å²) >= 11 is 0. The van der Waals surface area contributed by atoms with Crippen molar-refractivity contribution in [2.75, 3.05) is 13.1 Å². The van der Waals surface area contributed by atoms with E-state index in [1.165, 1.54) is 6.33 Å². The maximum atomic E-state index is 12.1. The van der Waals surface area contributed by atoms with E-state index in [0.29, 0.717) is 13.1 Å². The summed E-state index contributed by atoms with van der Waals surface area (Å²) in [4.78, 5) is 26.4. The van der Waals surface area contributed by atoms with Crippen molar-refractivity contribution in [1.29, 1.82) is 0 Å². The summed E-state index contributed by atoms with van der Waals surface area (Å²) in [6, 6.07) is 0.178. The summed E-state index contributed by atoms with van der Waals surface area (Å²) in [5.74, 6) is 0. The average Bonchev–Trinajstić information content (AvgIpc) is 3.03. The lowest BCUT2D eigenvalue weighted by Gasteiger charge is -2.24. The van der Waals surface area contributed by atoms with E-state index in [2.05, 4.69) is 15.0 Å². The lowest BCUT2D eigenvalue weighted by atomic mass is 10.2. The molecule has 0 radical (unpaired) electrons. The van der Waals surface area contributed by atoms with E-state index >= 15 is 0 Å². The van der Waals surface area contributed by atoms with Crippen LogP contribution >= 0.6 is 0 Å². The van der Waals surface area contributed by atoms with Crippen molar-refractivity contribution >= 4 is 17.3 Å². The van der Waals surface area contributed by atoms with Gasteiger partial charge in [0.1, 0.15) is 17.4 Å². The first-order valence-corrected chi connectivity index (χ1v) is 7.04. The van der Waals surface area contributed by atoms with Crippen LogP contribution in [0.2, 0.25) is 0 Å². The second-order valence-corrected chi connectivity index (χ2v) is 6.25. The molecule has 21 heavy (non-hydrogen) atoms. The third-order valence-corrected chi connectivity index (χ3v) is 3.45. The first-order valence-electron chi connectivity index (χ1n) is 7.04. The van der Waals surface area contributed by atoms with E-state index in [1.54, 1.807) is 17.4 Å². The van der Waals surface area contributed by atoms with Crippen molar-refractivity contribution in [3.63, 3.8) is 0 Å². The average molecular weight is 289 g/mol. The van der Waals surface area contributed by atoms with Crippen LogP contribution in [0.3, 0.4) is 0 Å². The lowest BCUT2D eigenvalue weighted by Crippen LogP contribution is -2.35. The Morgan fingerprint density at radius 1 is 1.38 bits per heavy atom. The van der Waals surface area contributed by atoms with Gasteiger partial charge in [0, 0.05) is 13.1 Å². The maximum absolute atomic E-state index is 12.1. The van der Waals surface area contributed by atoms with Gasteiger partial charge in [-0.1, -0.05) is 0 Å². The molecule has 3 rings (SSSR count). The highest BCUT2D eigenvalue weighted by atomic mass is 16.6. The van der Waals surface area contributed by atoms with Crippen molar-refractivity contribution in [1.82, 2.24) is 24.4 Å². The number of aromatic nitrogens is 4. The summed E-state index contributed by atoms with van der Waals surface area (Å²) in [5.41, 5.74) is 1.11. The molecule has 2 aromatic rings. The molecular formula is C14H19N5O2. The van der Waals surface area contributed by atoms with Gasteiger partial charge in [0.2, 0.25) is 0 Å². The number of fused-ring (bicyclic) bond motifs is 1. The zero-order chi connectivity index (χ0) is 15.0. The minimum absolute atomic E-state index is 0.178. The molecule has 0 bridgehead atoms. The predicted molar refractivity (Wildman–Crippen MR) is 76.8 cm³/mol. The number of hydrogen-bond acceptors (Lipinski definition) is 5. The number of rotatable bonds is 1. The lowest BCUT2D eigenvalue weighted by molar-refractivity contribution is 0.0289. The van der Waals surface area contributed by atoms with Gasteiger partial charge >= 0.3 is 6.09 Å². The first-order chi connectivity index (χ1) is 9.94. The van der Waals surface area contributed by atoms with Crippen molar-refractivity contribution in [2.45, 2.75) is 38.8 Å². The molecule has 7 heteroatoms. The number of carbonyl (C=O) groups excluding carboxylic acids is 1. The summed E-state index contributed by atoms with van der Waals surface area (Å²) in [7, 11) is 0. The number of amides is 1. The molecule has 1 aliphatic rings. The Bertz CT molecular complexity index is 661. The second-order valence-electron chi connectivity index (χ2n) is 6.25. The topological polar surface area (TPSA) is 73.1 Å². The van der Waals surface area contributed by atoms with E-state index in [-0.39, 0.29) is 12.1 Å². The van der Waals surface area contributed by atoms with E-state index < -0.39 is 5.60 Å². The smallest absolute Gasteiger partial charge is 0.410 e. The van der Waals surface area contributed by atoms with Crippen LogP contribution in [0.15, 0.2) is 18.9 Å². The van der Waals surface area contributed by atoms with Gasteiger partial charge in [-0.3, -0.25) is 0 Å². The number of ether oxygens (including phenoxy) is 1. The molecule has 1 fully saturated rings. The summed E-state index contributed by atoms with van der Waals surface area (Å²) < 4.78 is 7.43. The molecule has 7 nitrogen and oxygen atoms in total. The Labute approximate surface area is 123 Å². The van der Waals surface area contributed by atoms with E-state index in [0.717, 1.165) is 17.6 Å². The predicted octanol–water partition coefficient (Wildman–Crippen LogP) is 2.01. The van der Waals surface area contributed by atoms with Gasteiger partial charge in [-0.05, 0) is 27.2 Å². The fourth-order valence-electron chi connectivity index (χ4n) is 2.51. The highest BCUT2D eigenvalue weighted by Gasteiger charge is 2.31. The van der Waals surface area contributed by atoms with Crippen LogP contribution in [0.1, 0.15) is 33.2 Å². The van der Waals surface area contributed by atoms with E-state index in [4.69, 9.17) is 4.74 Å². The molecule has 1 saturated heterocycles. The monoisotopic (exact) mass is 289 g/mol. The largest absolute Gasteiger partial charge is 0.444 e. The van der Waals surface area contributed by atoms with E-state index in [1.807, 2.05) is 25.3 Å². The summed E-state index contributed by atoms with van der Waals surface area (Å²) in [5, 5.41) is 0. The number of nitrogens with zero attached hydrogens (tertiary/aromatic N) is 5. The molecule has 0 N–H and O–H groups in total. The molecule has 3 heterocycles. The van der Waals surface area contributed by atoms with Crippen LogP contribution in [0.25, 0.3) is 11.2 Å². The zero-order valence-electron chi connectivity index (χ0n) is 12.5. The van der Waals surface area contributed by atoms with E-state index in [9.17, 15) is 4.79 Å². The third kappa shape index (κ3) is 2.81. The van der Waals surface area contributed by atoms with Gasteiger partial charge in [-0.15, -0.1) is 0 Å². The molecule has 1 atom stereocenters. The number of hydrogen-bond donors (Lipinski definition) is 0. The molecule has 1 amide bonds.